The predicted octanol–water partition coefficient (Wildman–Crippen LogP) is 1.11. The van der Waals surface area contributed by atoms with Crippen molar-refractivity contribution in [1.82, 2.24) is 5.32 Å². The zero-order valence-corrected chi connectivity index (χ0v) is 14.3. The van der Waals surface area contributed by atoms with Crippen molar-refractivity contribution in [2.24, 2.45) is 0 Å². The molecule has 2 rings (SSSR count). The normalized spacial score (nSPS) is 16.4. The summed E-state index contributed by atoms with van der Waals surface area (Å²) in [5, 5.41) is 6.79. The Morgan fingerprint density at radius 1 is 1.36 bits per heavy atom. The first-order valence-electron chi connectivity index (χ1n) is 7.62. The van der Waals surface area contributed by atoms with Gasteiger partial charge in [0.1, 0.15) is 24.4 Å². The van der Waals surface area contributed by atoms with Gasteiger partial charge in [-0.1, -0.05) is 6.07 Å². The molecule has 0 bridgehead atoms. The van der Waals surface area contributed by atoms with E-state index in [1.807, 2.05) is 6.07 Å². The van der Waals surface area contributed by atoms with Crippen LogP contribution in [0.2, 0.25) is 0 Å². The molecule has 1 aliphatic heterocycles. The SMILES string of the molecule is Cc1ccc(NC(=S)NCC(C)(C)[NH+]2CCOCC2)cc1F. The third-order valence-corrected chi connectivity index (χ3v) is 4.42. The maximum absolute atomic E-state index is 13.5. The molecular formula is C16H25FN3OS+. The van der Waals surface area contributed by atoms with E-state index in [1.165, 1.54) is 11.0 Å². The summed E-state index contributed by atoms with van der Waals surface area (Å²) in [5.41, 5.74) is 1.35. The van der Waals surface area contributed by atoms with Gasteiger partial charge in [-0.25, -0.2) is 4.39 Å². The predicted molar refractivity (Wildman–Crippen MR) is 91.0 cm³/mol. The molecule has 22 heavy (non-hydrogen) atoms. The highest BCUT2D eigenvalue weighted by atomic mass is 32.1. The molecule has 0 atom stereocenters. The lowest BCUT2D eigenvalue weighted by Crippen LogP contribution is -3.22. The molecule has 4 nitrogen and oxygen atoms in total. The number of nitrogens with one attached hydrogen (secondary N) is 3. The second-order valence-electron chi connectivity index (χ2n) is 6.37. The molecule has 0 saturated carbocycles. The van der Waals surface area contributed by atoms with Gasteiger partial charge in [0.05, 0.1) is 19.8 Å². The summed E-state index contributed by atoms with van der Waals surface area (Å²) < 4.78 is 18.9. The standard InChI is InChI=1S/C16H24FN3OS/c1-12-4-5-13(10-14(12)17)19-15(22)18-11-16(2,3)20-6-8-21-9-7-20/h4-5,10H,6-9,11H2,1-3H3,(H2,18,19,22)/p+1. The molecule has 1 fully saturated rings. The Bertz CT molecular complexity index is 530. The Morgan fingerprint density at radius 3 is 2.68 bits per heavy atom. The van der Waals surface area contributed by atoms with Crippen LogP contribution in [-0.4, -0.2) is 43.5 Å². The monoisotopic (exact) mass is 326 g/mol. The molecule has 0 unspecified atom stereocenters. The molecule has 6 heteroatoms. The minimum Gasteiger partial charge on any atom is -0.370 e. The lowest BCUT2D eigenvalue weighted by molar-refractivity contribution is -0.954. The van der Waals surface area contributed by atoms with Crippen molar-refractivity contribution in [2.75, 3.05) is 38.2 Å². The second kappa shape index (κ2) is 7.35. The number of benzene rings is 1. The van der Waals surface area contributed by atoms with Gasteiger partial charge >= 0.3 is 0 Å². The van der Waals surface area contributed by atoms with Crippen LogP contribution in [0, 0.1) is 12.7 Å². The Balaban J connectivity index is 1.84. The van der Waals surface area contributed by atoms with Crippen LogP contribution in [0.4, 0.5) is 10.1 Å². The van der Waals surface area contributed by atoms with Crippen molar-refractivity contribution >= 4 is 23.0 Å². The van der Waals surface area contributed by atoms with E-state index >= 15 is 0 Å². The number of thiocarbonyl (C=S) groups is 1. The molecule has 0 aromatic heterocycles. The first-order valence-corrected chi connectivity index (χ1v) is 8.03. The van der Waals surface area contributed by atoms with E-state index in [9.17, 15) is 4.39 Å². The van der Waals surface area contributed by atoms with Gasteiger partial charge < -0.3 is 20.3 Å². The molecule has 1 heterocycles. The topological polar surface area (TPSA) is 37.7 Å². The lowest BCUT2D eigenvalue weighted by Gasteiger charge is -2.37. The highest BCUT2D eigenvalue weighted by Gasteiger charge is 2.32. The third kappa shape index (κ3) is 4.63. The molecule has 122 valence electrons. The molecule has 1 aromatic carbocycles. The Hall–Kier alpha value is -1.24. The highest BCUT2D eigenvalue weighted by Crippen LogP contribution is 2.13. The van der Waals surface area contributed by atoms with Crippen LogP contribution in [0.5, 0.6) is 0 Å². The fourth-order valence-corrected chi connectivity index (χ4v) is 2.76. The van der Waals surface area contributed by atoms with E-state index in [4.69, 9.17) is 17.0 Å². The zero-order chi connectivity index (χ0) is 16.2. The van der Waals surface area contributed by atoms with Gasteiger partial charge in [-0.3, -0.25) is 0 Å². The largest absolute Gasteiger partial charge is 0.370 e. The summed E-state index contributed by atoms with van der Waals surface area (Å²) in [6, 6.07) is 5.02. The number of rotatable bonds is 4. The molecule has 1 saturated heterocycles. The van der Waals surface area contributed by atoms with Gasteiger partial charge in [-0.2, -0.15) is 0 Å². The van der Waals surface area contributed by atoms with E-state index in [0.29, 0.717) is 16.4 Å². The molecule has 3 N–H and O–H groups in total. The second-order valence-corrected chi connectivity index (χ2v) is 6.78. The smallest absolute Gasteiger partial charge is 0.171 e. The van der Waals surface area contributed by atoms with Crippen molar-refractivity contribution in [3.63, 3.8) is 0 Å². The fourth-order valence-electron chi connectivity index (χ4n) is 2.57. The Kier molecular flexibility index (Phi) is 5.72. The number of ether oxygens (including phenoxy) is 1. The quantitative estimate of drug-likeness (QED) is 0.725. The van der Waals surface area contributed by atoms with Crippen molar-refractivity contribution in [2.45, 2.75) is 26.3 Å². The van der Waals surface area contributed by atoms with Gasteiger partial charge in [-0.05, 0) is 50.7 Å². The van der Waals surface area contributed by atoms with E-state index in [0.717, 1.165) is 32.8 Å². The summed E-state index contributed by atoms with van der Waals surface area (Å²) in [6.45, 7) is 10.6. The summed E-state index contributed by atoms with van der Waals surface area (Å²) in [5.74, 6) is -0.231. The number of morpholine rings is 1. The van der Waals surface area contributed by atoms with Gasteiger partial charge in [0.2, 0.25) is 0 Å². The van der Waals surface area contributed by atoms with Crippen LogP contribution in [0.3, 0.4) is 0 Å². The van der Waals surface area contributed by atoms with E-state index in [1.54, 1.807) is 13.0 Å². The molecule has 0 aliphatic carbocycles. The number of hydrogen-bond acceptors (Lipinski definition) is 2. The highest BCUT2D eigenvalue weighted by molar-refractivity contribution is 7.80. The molecule has 0 spiro atoms. The molecule has 0 radical (unpaired) electrons. The number of quaternary nitrogens is 1. The average Bonchev–Trinajstić information content (AvgIpc) is 2.50. The molecule has 1 aromatic rings. The fraction of sp³-hybridized carbons (Fsp3) is 0.562. The first kappa shape index (κ1) is 17.1. The summed E-state index contributed by atoms with van der Waals surface area (Å²) in [6.07, 6.45) is 0. The van der Waals surface area contributed by atoms with Gasteiger partial charge in [-0.15, -0.1) is 0 Å². The maximum Gasteiger partial charge on any atom is 0.171 e. The van der Waals surface area contributed by atoms with E-state index < -0.39 is 0 Å². The van der Waals surface area contributed by atoms with Gasteiger partial charge in [0.15, 0.2) is 5.11 Å². The number of aryl methyl sites for hydroxylation is 1. The van der Waals surface area contributed by atoms with Gasteiger partial charge in [0.25, 0.3) is 0 Å². The first-order chi connectivity index (χ1) is 10.4. The number of halogens is 1. The summed E-state index contributed by atoms with van der Waals surface area (Å²) in [7, 11) is 0. The van der Waals surface area contributed by atoms with Crippen LogP contribution in [-0.2, 0) is 4.74 Å². The van der Waals surface area contributed by atoms with Crippen LogP contribution in [0.1, 0.15) is 19.4 Å². The molecular weight excluding hydrogens is 301 g/mol. The van der Waals surface area contributed by atoms with Crippen LogP contribution in [0.25, 0.3) is 0 Å². The lowest BCUT2D eigenvalue weighted by atomic mass is 10.0. The van der Waals surface area contributed by atoms with Gasteiger partial charge in [0, 0.05) is 5.69 Å². The van der Waals surface area contributed by atoms with Crippen molar-refractivity contribution in [1.29, 1.82) is 0 Å². The van der Waals surface area contributed by atoms with Crippen LogP contribution in [0.15, 0.2) is 18.2 Å². The molecule has 1 aliphatic rings. The maximum atomic E-state index is 13.5. The minimum atomic E-state index is -0.231. The third-order valence-electron chi connectivity index (χ3n) is 4.17. The minimum absolute atomic E-state index is 0.0635. The van der Waals surface area contributed by atoms with Crippen molar-refractivity contribution in [3.05, 3.63) is 29.6 Å². The Morgan fingerprint density at radius 2 is 2.05 bits per heavy atom. The zero-order valence-electron chi connectivity index (χ0n) is 13.5. The van der Waals surface area contributed by atoms with E-state index in [2.05, 4.69) is 24.5 Å². The number of anilines is 1. The van der Waals surface area contributed by atoms with E-state index in [-0.39, 0.29) is 11.4 Å². The average molecular weight is 326 g/mol. The summed E-state index contributed by atoms with van der Waals surface area (Å²) in [4.78, 5) is 1.51. The molecule has 0 amide bonds. The van der Waals surface area contributed by atoms with Crippen LogP contribution >= 0.6 is 12.2 Å². The van der Waals surface area contributed by atoms with Crippen LogP contribution < -0.4 is 15.5 Å². The number of hydrogen-bond donors (Lipinski definition) is 3. The van der Waals surface area contributed by atoms with Crippen molar-refractivity contribution < 1.29 is 14.0 Å². The van der Waals surface area contributed by atoms with Crippen molar-refractivity contribution in [3.8, 4) is 0 Å². The summed E-state index contributed by atoms with van der Waals surface area (Å²) >= 11 is 5.30. The Labute approximate surface area is 137 Å².